The van der Waals surface area contributed by atoms with Gasteiger partial charge in [-0.1, -0.05) is 0 Å². The number of hydrogen-bond donors (Lipinski definition) is 0. The zero-order valence-electron chi connectivity index (χ0n) is 18.8. The molecule has 0 aliphatic heterocycles. The van der Waals surface area contributed by atoms with Crippen LogP contribution in [0.5, 0.6) is 0 Å². The molecule has 0 heterocycles. The summed E-state index contributed by atoms with van der Waals surface area (Å²) in [6.45, 7) is 0. The average molecular weight is 393 g/mol. The molecule has 0 unspecified atom stereocenters. The van der Waals surface area contributed by atoms with Crippen molar-refractivity contribution in [2.75, 3.05) is 0 Å². The van der Waals surface area contributed by atoms with Crippen LogP contribution in [0, 0.1) is 63.6 Å². The van der Waals surface area contributed by atoms with E-state index in [0.717, 1.165) is 63.6 Å². The maximum Gasteiger partial charge on any atom is -0.0243 e. The van der Waals surface area contributed by atoms with Crippen molar-refractivity contribution in [3.63, 3.8) is 0 Å². The van der Waals surface area contributed by atoms with Crippen LogP contribution in [0.3, 0.4) is 0 Å². The molecule has 11 aliphatic rings. The number of fused-ring (bicyclic) bond motifs is 3. The number of hydrogen-bond acceptors (Lipinski definition) is 0. The average Bonchev–Trinajstić information content (AvgIpc) is 2.66. The maximum absolute atomic E-state index is 1.69. The fourth-order valence-electron chi connectivity index (χ4n) is 13.7. The second-order valence-corrected chi connectivity index (χ2v) is 14.8. The van der Waals surface area contributed by atoms with Gasteiger partial charge in [-0.05, 0) is 179 Å². The molecule has 11 rings (SSSR count). The fourth-order valence-corrected chi connectivity index (χ4v) is 13.7. The van der Waals surface area contributed by atoms with Crippen LogP contribution in [0.1, 0.15) is 116 Å². The molecular formula is C29H44. The van der Waals surface area contributed by atoms with Crippen molar-refractivity contribution in [3.8, 4) is 0 Å². The Kier molecular flexibility index (Phi) is 3.43. The summed E-state index contributed by atoms with van der Waals surface area (Å²) < 4.78 is 0. The van der Waals surface area contributed by atoms with E-state index in [0.29, 0.717) is 0 Å². The molecule has 0 heteroatoms. The highest BCUT2D eigenvalue weighted by atomic mass is 14.7. The minimum atomic E-state index is 0.798. The first-order valence-electron chi connectivity index (χ1n) is 14.1. The Labute approximate surface area is 179 Å². The van der Waals surface area contributed by atoms with E-state index >= 15 is 0 Å². The summed E-state index contributed by atoms with van der Waals surface area (Å²) in [7, 11) is 0. The number of rotatable bonds is 3. The van der Waals surface area contributed by atoms with E-state index < -0.39 is 0 Å². The first-order chi connectivity index (χ1) is 14.1. The monoisotopic (exact) mass is 392 g/mol. The van der Waals surface area contributed by atoms with Crippen molar-refractivity contribution in [2.24, 2.45) is 63.6 Å². The molecule has 10 bridgehead atoms. The van der Waals surface area contributed by atoms with E-state index in [1.54, 1.807) is 116 Å². The summed E-state index contributed by atoms with van der Waals surface area (Å²) >= 11 is 0. The summed E-state index contributed by atoms with van der Waals surface area (Å²) in [5.41, 5.74) is 2.42. The van der Waals surface area contributed by atoms with E-state index in [2.05, 4.69) is 0 Å². The van der Waals surface area contributed by atoms with Crippen molar-refractivity contribution in [1.29, 1.82) is 0 Å². The van der Waals surface area contributed by atoms with Gasteiger partial charge in [0.25, 0.3) is 0 Å². The molecule has 11 saturated carbocycles. The van der Waals surface area contributed by atoms with E-state index in [1.165, 1.54) is 0 Å². The molecule has 0 aromatic heterocycles. The van der Waals surface area contributed by atoms with Gasteiger partial charge in [0.1, 0.15) is 0 Å². The predicted octanol–water partition coefficient (Wildman–Crippen LogP) is 8.01. The van der Waals surface area contributed by atoms with Crippen LogP contribution in [-0.4, -0.2) is 0 Å². The Morgan fingerprint density at radius 1 is 0.379 bits per heavy atom. The third-order valence-corrected chi connectivity index (χ3v) is 13.2. The van der Waals surface area contributed by atoms with Crippen LogP contribution in [0.4, 0.5) is 0 Å². The summed E-state index contributed by atoms with van der Waals surface area (Å²) in [5.74, 6) is 9.17. The largest absolute Gasteiger partial charge is 0.0499 e. The first-order valence-corrected chi connectivity index (χ1v) is 14.1. The molecule has 0 nitrogen and oxygen atoms in total. The zero-order valence-corrected chi connectivity index (χ0v) is 18.8. The molecule has 0 saturated heterocycles. The van der Waals surface area contributed by atoms with Gasteiger partial charge in [0.2, 0.25) is 0 Å². The second kappa shape index (κ2) is 5.67. The van der Waals surface area contributed by atoms with E-state index in [4.69, 9.17) is 0 Å². The standard InChI is InChI=1S/C29H44/c1-4-27(5-2-19(1)3-6-27)26(28-13-20-7-21(14-28)9-22(8-20)15-28)29-16-23-10-24(17-29)12-25(11-23)18-29/h19-26H,1-18H2. The first kappa shape index (κ1) is 17.5. The van der Waals surface area contributed by atoms with Crippen LogP contribution in [0.2, 0.25) is 0 Å². The molecule has 0 amide bonds. The normalized spacial score (nSPS) is 62.7. The van der Waals surface area contributed by atoms with Gasteiger partial charge in [0.15, 0.2) is 0 Å². The molecule has 0 radical (unpaired) electrons. The molecule has 11 fully saturated rings. The maximum atomic E-state index is 1.69. The van der Waals surface area contributed by atoms with Crippen molar-refractivity contribution < 1.29 is 0 Å². The van der Waals surface area contributed by atoms with Crippen molar-refractivity contribution in [2.45, 2.75) is 116 Å². The van der Waals surface area contributed by atoms with Crippen LogP contribution in [-0.2, 0) is 0 Å². The van der Waals surface area contributed by atoms with Crippen molar-refractivity contribution >= 4 is 0 Å². The van der Waals surface area contributed by atoms with E-state index in [-0.39, 0.29) is 0 Å². The van der Waals surface area contributed by atoms with Gasteiger partial charge in [0, 0.05) is 0 Å². The third-order valence-electron chi connectivity index (χ3n) is 13.2. The summed E-state index contributed by atoms with van der Waals surface area (Å²) in [6, 6.07) is 0. The van der Waals surface area contributed by atoms with Crippen LogP contribution in [0.15, 0.2) is 0 Å². The third kappa shape index (κ3) is 2.34. The fraction of sp³-hybridized carbons (Fsp3) is 1.00. The Balaban J connectivity index is 1.27. The Bertz CT molecular complexity index is 562. The van der Waals surface area contributed by atoms with Gasteiger partial charge in [-0.25, -0.2) is 0 Å². The summed E-state index contributed by atoms with van der Waals surface area (Å²) in [4.78, 5) is 0. The van der Waals surface area contributed by atoms with Crippen molar-refractivity contribution in [3.05, 3.63) is 0 Å². The molecule has 0 aromatic rings. The molecule has 0 spiro atoms. The summed E-state index contributed by atoms with van der Waals surface area (Å²) in [6.07, 6.45) is 29.8. The molecule has 0 N–H and O–H groups in total. The van der Waals surface area contributed by atoms with Gasteiger partial charge in [-0.3, -0.25) is 0 Å². The van der Waals surface area contributed by atoms with E-state index in [1.807, 2.05) is 0 Å². The van der Waals surface area contributed by atoms with Crippen molar-refractivity contribution in [1.82, 2.24) is 0 Å². The lowest BCUT2D eigenvalue weighted by Crippen LogP contribution is -2.63. The zero-order chi connectivity index (χ0) is 18.8. The van der Waals surface area contributed by atoms with Crippen LogP contribution in [0.25, 0.3) is 0 Å². The highest BCUT2D eigenvalue weighted by molar-refractivity contribution is 5.17. The Morgan fingerprint density at radius 2 is 0.690 bits per heavy atom. The molecular weight excluding hydrogens is 348 g/mol. The second-order valence-electron chi connectivity index (χ2n) is 14.8. The van der Waals surface area contributed by atoms with Gasteiger partial charge in [-0.15, -0.1) is 0 Å². The van der Waals surface area contributed by atoms with Gasteiger partial charge < -0.3 is 0 Å². The van der Waals surface area contributed by atoms with Gasteiger partial charge in [0.05, 0.1) is 0 Å². The van der Waals surface area contributed by atoms with Crippen LogP contribution >= 0.6 is 0 Å². The molecule has 11 aliphatic carbocycles. The Hall–Kier alpha value is 0. The smallest absolute Gasteiger partial charge is 0.0243 e. The van der Waals surface area contributed by atoms with Gasteiger partial charge >= 0.3 is 0 Å². The summed E-state index contributed by atoms with van der Waals surface area (Å²) in [5, 5.41) is 0. The topological polar surface area (TPSA) is 0 Å². The molecule has 0 aromatic carbocycles. The lowest BCUT2D eigenvalue weighted by molar-refractivity contribution is -0.226. The molecule has 29 heavy (non-hydrogen) atoms. The molecule has 160 valence electrons. The minimum absolute atomic E-state index is 0.798. The SMILES string of the molecule is C1CC2(C(C34CC5CC(CC(C5)C3)C4)C34CC5CC(CC(C5)C3)C4)CCC1CC2. The highest BCUT2D eigenvalue weighted by Gasteiger charge is 2.67. The lowest BCUT2D eigenvalue weighted by atomic mass is 9.33. The van der Waals surface area contributed by atoms with Crippen LogP contribution < -0.4 is 0 Å². The minimum Gasteiger partial charge on any atom is -0.0499 e. The molecule has 0 atom stereocenters. The quantitative estimate of drug-likeness (QED) is 0.456. The predicted molar refractivity (Wildman–Crippen MR) is 118 cm³/mol. The lowest BCUT2D eigenvalue weighted by Gasteiger charge is -2.72. The Morgan fingerprint density at radius 3 is 1.00 bits per heavy atom. The van der Waals surface area contributed by atoms with E-state index in [9.17, 15) is 0 Å². The van der Waals surface area contributed by atoms with Gasteiger partial charge in [-0.2, -0.15) is 0 Å². The highest BCUT2D eigenvalue weighted by Crippen LogP contribution is 2.77.